The second-order valence-electron chi connectivity index (χ2n) is 6.90. The molecule has 2 heterocycles. The molecule has 0 aliphatic heterocycles. The van der Waals surface area contributed by atoms with Crippen LogP contribution in [0.2, 0.25) is 0 Å². The topological polar surface area (TPSA) is 125 Å². The molecule has 182 valence electrons. The zero-order chi connectivity index (χ0) is 25.3. The Balaban J connectivity index is 0.00000361. The second kappa shape index (κ2) is 11.1. The Morgan fingerprint density at radius 1 is 1.03 bits per heavy atom. The minimum atomic E-state index is -5.18. The predicted octanol–water partition coefficient (Wildman–Crippen LogP) is 0.628. The summed E-state index contributed by atoms with van der Waals surface area (Å²) in [7, 11) is -5.18. The van der Waals surface area contributed by atoms with Gasteiger partial charge in [0.1, 0.15) is 11.3 Å². The maximum Gasteiger partial charge on any atom is 1.00 e. The summed E-state index contributed by atoms with van der Waals surface area (Å²) in [5.74, 6) is -9.03. The van der Waals surface area contributed by atoms with E-state index in [9.17, 15) is 31.8 Å². The summed E-state index contributed by atoms with van der Waals surface area (Å²) in [5, 5.41) is 5.64. The number of phosphoric ester groups is 1. The summed E-state index contributed by atoms with van der Waals surface area (Å²) < 4.78 is 79.8. The van der Waals surface area contributed by atoms with E-state index in [0.29, 0.717) is 0 Å². The van der Waals surface area contributed by atoms with Gasteiger partial charge in [0.25, 0.3) is 13.7 Å². The first-order valence-corrected chi connectivity index (χ1v) is 11.1. The molecule has 1 unspecified atom stereocenters. The maximum absolute atomic E-state index is 14.8. The van der Waals surface area contributed by atoms with Gasteiger partial charge >= 0.3 is 29.6 Å². The van der Waals surface area contributed by atoms with Crippen molar-refractivity contribution in [3.63, 3.8) is 0 Å². The number of phosphoric acid groups is 1. The molecule has 2 aromatic carbocycles. The normalized spacial score (nSPS) is 12.6. The fourth-order valence-electron chi connectivity index (χ4n) is 3.22. The van der Waals surface area contributed by atoms with Gasteiger partial charge in [-0.1, -0.05) is 36.4 Å². The molecule has 4 aromatic rings. The fourth-order valence-corrected chi connectivity index (χ4v) is 3.40. The van der Waals surface area contributed by atoms with Gasteiger partial charge in [0.2, 0.25) is 5.88 Å². The van der Waals surface area contributed by atoms with E-state index in [0.717, 1.165) is 4.52 Å². The zero-order valence-electron chi connectivity index (χ0n) is 18.2. The molecule has 0 aliphatic rings. The van der Waals surface area contributed by atoms with Crippen molar-refractivity contribution in [2.24, 2.45) is 0 Å². The molecule has 36 heavy (non-hydrogen) atoms. The first-order valence-electron chi connectivity index (χ1n) is 9.59. The van der Waals surface area contributed by atoms with Crippen LogP contribution < -0.4 is 44.5 Å². The van der Waals surface area contributed by atoms with E-state index in [1.54, 1.807) is 5.32 Å². The number of hydrogen-bond acceptors (Lipinski definition) is 6. The van der Waals surface area contributed by atoms with Crippen LogP contribution in [0.25, 0.3) is 16.6 Å². The molecule has 15 heteroatoms. The molecule has 2 aromatic heterocycles. The third-order valence-corrected chi connectivity index (χ3v) is 5.14. The number of anilines is 1. The van der Waals surface area contributed by atoms with Gasteiger partial charge in [0, 0.05) is 6.20 Å². The molecule has 1 amide bonds. The van der Waals surface area contributed by atoms with E-state index in [2.05, 4.69) is 9.62 Å². The number of amides is 1. The quantitative estimate of drug-likeness (QED) is 0.117. The fraction of sp³-hybridized carbons (Fsp3) is 0.0476. The number of rotatable bonds is 7. The number of fused-ring (bicyclic) bond motifs is 1. The average molecular weight is 533 g/mol. The van der Waals surface area contributed by atoms with Crippen molar-refractivity contribution in [3.05, 3.63) is 83.6 Å². The molecule has 0 fully saturated rings. The summed E-state index contributed by atoms with van der Waals surface area (Å²) in [6, 6.07) is 11.2. The van der Waals surface area contributed by atoms with Gasteiger partial charge in [-0.2, -0.15) is 0 Å². The summed E-state index contributed by atoms with van der Waals surface area (Å²) in [4.78, 5) is 32.3. The van der Waals surface area contributed by atoms with Crippen molar-refractivity contribution < 1.29 is 75.5 Å². The van der Waals surface area contributed by atoms with E-state index >= 15 is 0 Å². The number of carbonyl (C=O) groups is 1. The average Bonchev–Trinajstić information content (AvgIpc) is 3.19. The van der Waals surface area contributed by atoms with Gasteiger partial charge in [0.05, 0.1) is 11.1 Å². The van der Waals surface area contributed by atoms with Crippen LogP contribution in [0.15, 0.2) is 54.7 Å². The van der Waals surface area contributed by atoms with Crippen molar-refractivity contribution in [2.75, 3.05) is 12.1 Å². The monoisotopic (exact) mass is 533 g/mol. The summed E-state index contributed by atoms with van der Waals surface area (Å²) in [6.07, 6.45) is 1.36. The van der Waals surface area contributed by atoms with E-state index in [1.807, 2.05) is 0 Å². The number of nitrogens with zero attached hydrogens (tertiary/aromatic N) is 2. The van der Waals surface area contributed by atoms with Crippen LogP contribution in [-0.4, -0.2) is 27.2 Å². The molecule has 0 spiro atoms. The number of hydrogen-bond donors (Lipinski definition) is 2. The Bertz CT molecular complexity index is 1450. The maximum atomic E-state index is 14.8. The number of nitrogens with one attached hydrogen (secondary N) is 1. The van der Waals surface area contributed by atoms with Crippen molar-refractivity contribution >= 4 is 24.9 Å². The van der Waals surface area contributed by atoms with E-state index in [4.69, 9.17) is 9.63 Å². The van der Waals surface area contributed by atoms with E-state index in [-0.39, 0.29) is 40.6 Å². The number of halogens is 4. The minimum Gasteiger partial charge on any atom is -0.756 e. The molecular weight excluding hydrogens is 520 g/mol. The number of benzene rings is 2. The van der Waals surface area contributed by atoms with Crippen LogP contribution in [-0.2, 0) is 9.09 Å². The summed E-state index contributed by atoms with van der Waals surface area (Å²) in [5.41, 5.74) is -2.93. The molecular formula is C21H13F4N3NaO6P. The van der Waals surface area contributed by atoms with E-state index in [1.165, 1.54) is 54.7 Å². The Labute approximate surface area is 222 Å². The van der Waals surface area contributed by atoms with Crippen molar-refractivity contribution in [3.8, 4) is 17.0 Å². The summed E-state index contributed by atoms with van der Waals surface area (Å²) in [6.45, 7) is -1.10. The zero-order valence-corrected chi connectivity index (χ0v) is 21.1. The van der Waals surface area contributed by atoms with Crippen LogP contribution in [0, 0.1) is 23.3 Å². The molecule has 0 saturated heterocycles. The molecule has 0 saturated carbocycles. The second-order valence-corrected chi connectivity index (χ2v) is 8.09. The van der Waals surface area contributed by atoms with E-state index < -0.39 is 66.5 Å². The van der Waals surface area contributed by atoms with Gasteiger partial charge in [-0.3, -0.25) is 13.9 Å². The van der Waals surface area contributed by atoms with Crippen molar-refractivity contribution in [2.45, 2.75) is 0 Å². The molecule has 2 N–H and O–H groups in total. The first-order chi connectivity index (χ1) is 16.6. The predicted molar refractivity (Wildman–Crippen MR) is 111 cm³/mol. The van der Waals surface area contributed by atoms with Crippen LogP contribution in [0.4, 0.5) is 23.2 Å². The van der Waals surface area contributed by atoms with Gasteiger partial charge in [-0.25, -0.2) is 22.1 Å². The van der Waals surface area contributed by atoms with Crippen LogP contribution in [0.3, 0.4) is 0 Å². The molecule has 0 radical (unpaired) electrons. The van der Waals surface area contributed by atoms with Gasteiger partial charge in [0.15, 0.2) is 30.1 Å². The molecule has 4 rings (SSSR count). The van der Waals surface area contributed by atoms with Gasteiger partial charge < -0.3 is 19.8 Å². The third-order valence-electron chi connectivity index (χ3n) is 4.71. The first kappa shape index (κ1) is 27.8. The standard InChI is InChI=1S/C21H14F4N3O6P.Na/c22-15-13(11-6-2-1-3-7-11)16(23)18(25)19(17(15)24)26-20(29)14-12-8-4-5-9-28(12)27-21(14)33-10-34-35(30,31)32;/h1-9H,10H2,(H,26,29)(H2,30,31,32);/q;+1/p-1. The third kappa shape index (κ3) is 5.62. The van der Waals surface area contributed by atoms with Crippen LogP contribution in [0.5, 0.6) is 5.88 Å². The number of pyridine rings is 1. The van der Waals surface area contributed by atoms with Crippen molar-refractivity contribution in [1.29, 1.82) is 0 Å². The van der Waals surface area contributed by atoms with Crippen LogP contribution in [0.1, 0.15) is 10.4 Å². The number of carbonyl (C=O) groups excluding carboxylic acids is 1. The Morgan fingerprint density at radius 2 is 1.64 bits per heavy atom. The largest absolute Gasteiger partial charge is 1.00 e. The van der Waals surface area contributed by atoms with Crippen LogP contribution >= 0.6 is 7.82 Å². The minimum absolute atomic E-state index is 0. The van der Waals surface area contributed by atoms with Gasteiger partial charge in [-0.15, -0.1) is 5.10 Å². The Hall–Kier alpha value is -2.77. The summed E-state index contributed by atoms with van der Waals surface area (Å²) >= 11 is 0. The smallest absolute Gasteiger partial charge is 0.756 e. The molecule has 0 bridgehead atoms. The Morgan fingerprint density at radius 3 is 2.25 bits per heavy atom. The number of aromatic nitrogens is 2. The number of ether oxygens (including phenoxy) is 1. The van der Waals surface area contributed by atoms with Crippen molar-refractivity contribution in [1.82, 2.24) is 9.61 Å². The molecule has 0 aliphatic carbocycles. The Kier molecular flexibility index (Phi) is 8.57. The SMILES string of the molecule is O=C(Nc1c(F)c(F)c(-c2ccccc2)c(F)c1F)c1c(OCOP(=O)([O-])O)nn2ccccc12.[Na+]. The molecule has 9 nitrogen and oxygen atoms in total. The van der Waals surface area contributed by atoms with Gasteiger partial charge in [-0.05, 0) is 17.7 Å². The molecule has 1 atom stereocenters.